The molecule has 0 saturated heterocycles. The molecule has 14 nitrogen and oxygen atoms in total. The average Bonchev–Trinajstić information content (AvgIpc) is 2.78. The number of carboxylic acid groups (broad SMARTS) is 2. The normalized spacial score (nSPS) is 14.4. The number of nitrogens with one attached hydrogen (secondary N) is 3. The Labute approximate surface area is 198 Å². The molecule has 0 heterocycles. The van der Waals surface area contributed by atoms with E-state index < -0.39 is 66.9 Å². The molecule has 0 aromatic carbocycles. The van der Waals surface area contributed by atoms with E-state index in [0.717, 1.165) is 0 Å². The molecule has 0 bridgehead atoms. The lowest BCUT2D eigenvalue weighted by molar-refractivity contribution is -0.142. The van der Waals surface area contributed by atoms with Gasteiger partial charge in [0.1, 0.15) is 18.1 Å². The molecule has 0 spiro atoms. The van der Waals surface area contributed by atoms with E-state index >= 15 is 0 Å². The van der Waals surface area contributed by atoms with Crippen molar-refractivity contribution in [3.8, 4) is 0 Å². The first-order chi connectivity index (χ1) is 16.1. The molecule has 0 aliphatic rings. The summed E-state index contributed by atoms with van der Waals surface area (Å²) in [7, 11) is 0. The summed E-state index contributed by atoms with van der Waals surface area (Å²) in [5.41, 5.74) is 16.6. The molecule has 34 heavy (non-hydrogen) atoms. The second-order valence-corrected chi connectivity index (χ2v) is 7.81. The third kappa shape index (κ3) is 13.0. The SMILES string of the molecule is NCCCCC(N)C(=O)NC(CCC(=O)O)C(=O)NC(CO)C(=O)NC(CCCCN)C(=O)O. The van der Waals surface area contributed by atoms with Crippen LogP contribution in [0.3, 0.4) is 0 Å². The highest BCUT2D eigenvalue weighted by molar-refractivity contribution is 5.94. The van der Waals surface area contributed by atoms with E-state index in [2.05, 4.69) is 16.0 Å². The molecule has 0 aliphatic heterocycles. The zero-order chi connectivity index (χ0) is 26.1. The van der Waals surface area contributed by atoms with Crippen LogP contribution in [0.25, 0.3) is 0 Å². The van der Waals surface area contributed by atoms with Crippen LogP contribution in [0.5, 0.6) is 0 Å². The number of amides is 3. The number of hydrogen-bond acceptors (Lipinski definition) is 9. The minimum absolute atomic E-state index is 0.101. The van der Waals surface area contributed by atoms with E-state index in [-0.39, 0.29) is 12.8 Å². The molecule has 12 N–H and O–H groups in total. The Bertz CT molecular complexity index is 677. The van der Waals surface area contributed by atoms with Crippen LogP contribution in [-0.4, -0.2) is 88.8 Å². The van der Waals surface area contributed by atoms with Gasteiger partial charge in [0, 0.05) is 6.42 Å². The number of aliphatic hydroxyl groups excluding tert-OH is 1. The Morgan fingerprint density at radius 1 is 0.676 bits per heavy atom. The largest absolute Gasteiger partial charge is 0.481 e. The highest BCUT2D eigenvalue weighted by Crippen LogP contribution is 2.04. The van der Waals surface area contributed by atoms with Crippen LogP contribution >= 0.6 is 0 Å². The lowest BCUT2D eigenvalue weighted by atomic mass is 10.1. The minimum Gasteiger partial charge on any atom is -0.481 e. The van der Waals surface area contributed by atoms with E-state index in [4.69, 9.17) is 22.3 Å². The van der Waals surface area contributed by atoms with Crippen molar-refractivity contribution in [2.75, 3.05) is 19.7 Å². The molecule has 0 fully saturated rings. The van der Waals surface area contributed by atoms with Crippen molar-refractivity contribution < 1.29 is 39.3 Å². The highest BCUT2D eigenvalue weighted by atomic mass is 16.4. The smallest absolute Gasteiger partial charge is 0.326 e. The van der Waals surface area contributed by atoms with Crippen molar-refractivity contribution in [1.82, 2.24) is 16.0 Å². The second-order valence-electron chi connectivity index (χ2n) is 7.81. The number of rotatable bonds is 19. The van der Waals surface area contributed by atoms with Crippen LogP contribution in [0.4, 0.5) is 0 Å². The molecule has 4 unspecified atom stereocenters. The summed E-state index contributed by atoms with van der Waals surface area (Å²) < 4.78 is 0. The zero-order valence-electron chi connectivity index (χ0n) is 19.2. The Kier molecular flexibility index (Phi) is 16.2. The van der Waals surface area contributed by atoms with Crippen LogP contribution in [0.15, 0.2) is 0 Å². The highest BCUT2D eigenvalue weighted by Gasteiger charge is 2.30. The third-order valence-corrected chi connectivity index (χ3v) is 4.96. The Hall–Kier alpha value is -2.81. The first-order valence-corrected chi connectivity index (χ1v) is 11.2. The average molecular weight is 491 g/mol. The molecule has 0 rings (SSSR count). The van der Waals surface area contributed by atoms with Crippen molar-refractivity contribution in [3.63, 3.8) is 0 Å². The van der Waals surface area contributed by atoms with Crippen LogP contribution in [0.2, 0.25) is 0 Å². The topological polar surface area (TPSA) is 260 Å². The van der Waals surface area contributed by atoms with Gasteiger partial charge in [0.25, 0.3) is 0 Å². The van der Waals surface area contributed by atoms with Gasteiger partial charge in [-0.2, -0.15) is 0 Å². The number of carbonyl (C=O) groups is 5. The van der Waals surface area contributed by atoms with Crippen molar-refractivity contribution in [1.29, 1.82) is 0 Å². The fraction of sp³-hybridized carbons (Fsp3) is 0.750. The van der Waals surface area contributed by atoms with Gasteiger partial charge < -0.3 is 48.5 Å². The van der Waals surface area contributed by atoms with Gasteiger partial charge in [0.05, 0.1) is 12.6 Å². The van der Waals surface area contributed by atoms with Gasteiger partial charge in [-0.1, -0.05) is 6.42 Å². The molecule has 14 heteroatoms. The molecule has 0 aromatic rings. The maximum atomic E-state index is 12.7. The van der Waals surface area contributed by atoms with Crippen LogP contribution < -0.4 is 33.2 Å². The standard InChI is InChI=1S/C20H38N6O8/c21-9-3-1-5-12(23)17(30)24-13(7-8-16(28)29)18(31)26-15(11-27)19(32)25-14(20(33)34)6-2-4-10-22/h12-15,27H,1-11,21-23H2,(H,24,30)(H,25,32)(H,26,31)(H,28,29)(H,33,34). The zero-order valence-corrected chi connectivity index (χ0v) is 19.2. The summed E-state index contributed by atoms with van der Waals surface area (Å²) in [6.07, 6.45) is 1.89. The van der Waals surface area contributed by atoms with Crippen LogP contribution in [0, 0.1) is 0 Å². The van der Waals surface area contributed by atoms with E-state index in [1.165, 1.54) is 0 Å². The minimum atomic E-state index is -1.52. The van der Waals surface area contributed by atoms with E-state index in [0.29, 0.717) is 45.2 Å². The lowest BCUT2D eigenvalue weighted by Gasteiger charge is -2.24. The first kappa shape index (κ1) is 31.2. The first-order valence-electron chi connectivity index (χ1n) is 11.2. The molecule has 4 atom stereocenters. The van der Waals surface area contributed by atoms with E-state index in [1.54, 1.807) is 0 Å². The number of aliphatic hydroxyl groups is 1. The number of carboxylic acids is 2. The fourth-order valence-corrected chi connectivity index (χ4v) is 2.94. The monoisotopic (exact) mass is 490 g/mol. The van der Waals surface area contributed by atoms with Crippen molar-refractivity contribution in [2.24, 2.45) is 17.2 Å². The quantitative estimate of drug-likeness (QED) is 0.0822. The molecule has 196 valence electrons. The Morgan fingerprint density at radius 2 is 1.18 bits per heavy atom. The van der Waals surface area contributed by atoms with Gasteiger partial charge in [-0.15, -0.1) is 0 Å². The number of unbranched alkanes of at least 4 members (excludes halogenated alkanes) is 2. The maximum Gasteiger partial charge on any atom is 0.326 e. The molecule has 0 aliphatic carbocycles. The van der Waals surface area contributed by atoms with Crippen molar-refractivity contribution in [3.05, 3.63) is 0 Å². The van der Waals surface area contributed by atoms with Crippen molar-refractivity contribution >= 4 is 29.7 Å². The van der Waals surface area contributed by atoms with Gasteiger partial charge >= 0.3 is 11.9 Å². The Balaban J connectivity index is 5.19. The van der Waals surface area contributed by atoms with Gasteiger partial charge in [0.15, 0.2) is 0 Å². The van der Waals surface area contributed by atoms with Gasteiger partial charge in [-0.3, -0.25) is 19.2 Å². The predicted octanol–water partition coefficient (Wildman–Crippen LogP) is -3.03. The summed E-state index contributed by atoms with van der Waals surface area (Å²) in [5, 5.41) is 34.6. The molecule has 0 aromatic heterocycles. The van der Waals surface area contributed by atoms with Crippen LogP contribution in [-0.2, 0) is 24.0 Å². The van der Waals surface area contributed by atoms with Gasteiger partial charge in [-0.05, 0) is 51.6 Å². The predicted molar refractivity (Wildman–Crippen MR) is 121 cm³/mol. The maximum absolute atomic E-state index is 12.7. The summed E-state index contributed by atoms with van der Waals surface area (Å²) in [6, 6.07) is -5.07. The number of hydrogen-bond donors (Lipinski definition) is 9. The van der Waals surface area contributed by atoms with Crippen molar-refractivity contribution in [2.45, 2.75) is 75.5 Å². The van der Waals surface area contributed by atoms with E-state index in [9.17, 15) is 34.2 Å². The number of nitrogens with two attached hydrogens (primary N) is 3. The summed E-state index contributed by atoms with van der Waals surface area (Å²) in [6.45, 7) is -0.0704. The third-order valence-electron chi connectivity index (χ3n) is 4.96. The van der Waals surface area contributed by atoms with Crippen LogP contribution in [0.1, 0.15) is 51.4 Å². The summed E-state index contributed by atoms with van der Waals surface area (Å²) in [5.74, 6) is -5.05. The molecular formula is C20H38N6O8. The fourth-order valence-electron chi connectivity index (χ4n) is 2.94. The summed E-state index contributed by atoms with van der Waals surface area (Å²) in [4.78, 5) is 59.8. The van der Waals surface area contributed by atoms with E-state index in [1.807, 2.05) is 0 Å². The van der Waals surface area contributed by atoms with Gasteiger partial charge in [-0.25, -0.2) is 4.79 Å². The second kappa shape index (κ2) is 17.6. The summed E-state index contributed by atoms with van der Waals surface area (Å²) >= 11 is 0. The lowest BCUT2D eigenvalue weighted by Crippen LogP contribution is -2.58. The molecule has 0 radical (unpaired) electrons. The molecular weight excluding hydrogens is 452 g/mol. The number of carbonyl (C=O) groups excluding carboxylic acids is 3. The number of aliphatic carboxylic acids is 2. The molecule has 0 saturated carbocycles. The van der Waals surface area contributed by atoms with Gasteiger partial charge in [0.2, 0.25) is 17.7 Å². The Morgan fingerprint density at radius 3 is 1.68 bits per heavy atom. The molecule has 3 amide bonds.